The van der Waals surface area contributed by atoms with Gasteiger partial charge in [-0.15, -0.1) is 0 Å². The van der Waals surface area contributed by atoms with Crippen LogP contribution < -0.4 is 0 Å². The van der Waals surface area contributed by atoms with Crippen LogP contribution in [0.4, 0.5) is 0 Å². The van der Waals surface area contributed by atoms with Crippen LogP contribution in [0.5, 0.6) is 0 Å². The summed E-state index contributed by atoms with van der Waals surface area (Å²) in [5, 5.41) is 0. The predicted molar refractivity (Wildman–Crippen MR) is 362 cm³/mol. The van der Waals surface area contributed by atoms with E-state index in [4.69, 9.17) is 14.2 Å². The molecule has 0 spiro atoms. The van der Waals surface area contributed by atoms with Gasteiger partial charge < -0.3 is 14.2 Å². The van der Waals surface area contributed by atoms with Gasteiger partial charge in [0.25, 0.3) is 0 Å². The fourth-order valence-corrected chi connectivity index (χ4v) is 9.49. The van der Waals surface area contributed by atoms with Crippen LogP contribution in [-0.2, 0) is 28.6 Å². The number of carbonyl (C=O) groups excluding carboxylic acids is 3. The summed E-state index contributed by atoms with van der Waals surface area (Å²) in [4.78, 5) is 38.4. The van der Waals surface area contributed by atoms with Crippen LogP contribution >= 0.6 is 0 Å². The molecule has 0 amide bonds. The van der Waals surface area contributed by atoms with Crippen LogP contribution in [0, 0.1) is 0 Å². The molecule has 0 aliphatic rings. The van der Waals surface area contributed by atoms with Crippen molar-refractivity contribution in [3.05, 3.63) is 134 Å². The zero-order valence-corrected chi connectivity index (χ0v) is 54.2. The van der Waals surface area contributed by atoms with Gasteiger partial charge in [-0.2, -0.15) is 0 Å². The Balaban J connectivity index is 4.38. The molecule has 0 rings (SSSR count). The van der Waals surface area contributed by atoms with Gasteiger partial charge in [0, 0.05) is 19.3 Å². The quantitative estimate of drug-likeness (QED) is 0.0261. The lowest BCUT2D eigenvalue weighted by Crippen LogP contribution is -2.30. The molecule has 0 heterocycles. The van der Waals surface area contributed by atoms with Gasteiger partial charge in [0.05, 0.1) is 0 Å². The Morgan fingerprint density at radius 3 is 0.759 bits per heavy atom. The maximum absolute atomic E-state index is 13.0. The van der Waals surface area contributed by atoms with Gasteiger partial charge in [-0.1, -0.05) is 296 Å². The minimum Gasteiger partial charge on any atom is -0.462 e. The first-order valence-corrected chi connectivity index (χ1v) is 34.7. The molecule has 6 nitrogen and oxygen atoms in total. The van der Waals surface area contributed by atoms with Gasteiger partial charge in [-0.05, 0) is 135 Å². The second kappa shape index (κ2) is 70.0. The molecule has 0 radical (unpaired) electrons. The standard InChI is InChI=1S/C77H128O6/c1-4-7-10-13-16-19-22-25-28-30-32-34-36-38-40-42-44-46-49-52-55-58-61-64-67-70-76(79)82-73-74(72-81-75(78)69-66-63-60-57-54-51-48-27-24-21-18-15-12-9-6-3)83-77(80)71-68-65-62-59-56-53-50-47-45-43-41-39-37-35-33-31-29-26-23-20-17-14-11-8-5-2/h7,9-10,12,16,18-19,21,23,25-28,31-34,37,39,48,54,57,74H,4-6,8,11,13-15,17,20,22,24,29-30,35-36,38,40-47,49-53,55-56,58-73H2,1-3H3/b10-7-,12-9-,19-16-,21-18-,26-23-,28-25-,33-31-,34-32-,39-37-,48-27-,57-54-. The lowest BCUT2D eigenvalue weighted by Gasteiger charge is -2.18. The Morgan fingerprint density at radius 1 is 0.253 bits per heavy atom. The van der Waals surface area contributed by atoms with Crippen molar-refractivity contribution in [1.29, 1.82) is 0 Å². The minimum atomic E-state index is -0.805. The summed E-state index contributed by atoms with van der Waals surface area (Å²) in [5.74, 6) is -0.938. The Bertz CT molecular complexity index is 1750. The van der Waals surface area contributed by atoms with Crippen molar-refractivity contribution in [2.24, 2.45) is 0 Å². The molecule has 0 aromatic rings. The Labute approximate surface area is 513 Å². The largest absolute Gasteiger partial charge is 0.462 e. The normalized spacial score (nSPS) is 13.0. The Kier molecular flexibility index (Phi) is 66.3. The van der Waals surface area contributed by atoms with Crippen LogP contribution in [0.1, 0.15) is 316 Å². The highest BCUT2D eigenvalue weighted by Gasteiger charge is 2.19. The van der Waals surface area contributed by atoms with Crippen molar-refractivity contribution < 1.29 is 28.6 Å². The molecular formula is C77H128O6. The Hall–Kier alpha value is -4.45. The zero-order valence-electron chi connectivity index (χ0n) is 54.2. The van der Waals surface area contributed by atoms with Crippen LogP contribution in [0.25, 0.3) is 0 Å². The van der Waals surface area contributed by atoms with Crippen molar-refractivity contribution in [3.8, 4) is 0 Å². The molecule has 0 saturated carbocycles. The average molecular weight is 1150 g/mol. The summed E-state index contributed by atoms with van der Waals surface area (Å²) in [6, 6.07) is 0. The number of hydrogen-bond donors (Lipinski definition) is 0. The average Bonchev–Trinajstić information content (AvgIpc) is 3.49. The molecule has 1 atom stereocenters. The van der Waals surface area contributed by atoms with Crippen LogP contribution in [0.2, 0.25) is 0 Å². The third-order valence-corrected chi connectivity index (χ3v) is 14.6. The van der Waals surface area contributed by atoms with E-state index in [1.165, 1.54) is 154 Å². The molecule has 83 heavy (non-hydrogen) atoms. The topological polar surface area (TPSA) is 78.9 Å². The third-order valence-electron chi connectivity index (χ3n) is 14.6. The van der Waals surface area contributed by atoms with E-state index >= 15 is 0 Å². The SMILES string of the molecule is CC/C=C\C/C=C\C/C=C\C/C=C\CCCCCCCCCCCCCCC(=O)OCC(COC(=O)CCCC/C=C\C/C=C\C/C=C\C/C=C\CC)OC(=O)CCCCCCCCCCCC/C=C\C/C=C\C/C=C\CCCCCCC. The van der Waals surface area contributed by atoms with Gasteiger partial charge in [0.1, 0.15) is 13.2 Å². The van der Waals surface area contributed by atoms with Crippen molar-refractivity contribution in [2.75, 3.05) is 13.2 Å². The number of hydrogen-bond acceptors (Lipinski definition) is 6. The maximum Gasteiger partial charge on any atom is 0.306 e. The van der Waals surface area contributed by atoms with Gasteiger partial charge in [0.15, 0.2) is 6.10 Å². The lowest BCUT2D eigenvalue weighted by atomic mass is 10.0. The number of carbonyl (C=O) groups is 3. The fourth-order valence-electron chi connectivity index (χ4n) is 9.49. The minimum absolute atomic E-state index is 0.0963. The molecule has 0 aromatic carbocycles. The number of unbranched alkanes of at least 4 members (excludes halogenated alkanes) is 29. The van der Waals surface area contributed by atoms with Crippen molar-refractivity contribution >= 4 is 17.9 Å². The van der Waals surface area contributed by atoms with E-state index in [9.17, 15) is 14.4 Å². The molecular weight excluding hydrogens is 1020 g/mol. The van der Waals surface area contributed by atoms with E-state index in [0.717, 1.165) is 122 Å². The van der Waals surface area contributed by atoms with E-state index in [-0.39, 0.29) is 31.1 Å². The van der Waals surface area contributed by atoms with E-state index < -0.39 is 6.10 Å². The molecule has 0 bridgehead atoms. The molecule has 1 unspecified atom stereocenters. The highest BCUT2D eigenvalue weighted by atomic mass is 16.6. The zero-order chi connectivity index (χ0) is 59.9. The first-order valence-electron chi connectivity index (χ1n) is 34.7. The fraction of sp³-hybridized carbons (Fsp3) is 0.675. The highest BCUT2D eigenvalue weighted by Crippen LogP contribution is 2.16. The maximum atomic E-state index is 13.0. The van der Waals surface area contributed by atoms with E-state index in [1.54, 1.807) is 0 Å². The van der Waals surface area contributed by atoms with Crippen LogP contribution in [0.15, 0.2) is 134 Å². The summed E-state index contributed by atoms with van der Waals surface area (Å²) in [6.07, 6.45) is 99.0. The van der Waals surface area contributed by atoms with E-state index in [1.807, 2.05) is 0 Å². The van der Waals surface area contributed by atoms with Crippen LogP contribution in [-0.4, -0.2) is 37.2 Å². The van der Waals surface area contributed by atoms with E-state index in [0.29, 0.717) is 19.3 Å². The molecule has 0 fully saturated rings. The van der Waals surface area contributed by atoms with Gasteiger partial charge >= 0.3 is 17.9 Å². The van der Waals surface area contributed by atoms with Gasteiger partial charge in [0.2, 0.25) is 0 Å². The van der Waals surface area contributed by atoms with Crippen molar-refractivity contribution in [2.45, 2.75) is 322 Å². The first-order chi connectivity index (χ1) is 41.0. The van der Waals surface area contributed by atoms with Gasteiger partial charge in [-0.3, -0.25) is 14.4 Å². The van der Waals surface area contributed by atoms with E-state index in [2.05, 4.69) is 154 Å². The molecule has 0 N–H and O–H groups in total. The predicted octanol–water partition coefficient (Wildman–Crippen LogP) is 24.1. The second-order valence-electron chi connectivity index (χ2n) is 22.7. The summed E-state index contributed by atoms with van der Waals surface area (Å²) < 4.78 is 16.9. The smallest absolute Gasteiger partial charge is 0.306 e. The van der Waals surface area contributed by atoms with Crippen molar-refractivity contribution in [3.63, 3.8) is 0 Å². The lowest BCUT2D eigenvalue weighted by molar-refractivity contribution is -0.167. The summed E-state index contributed by atoms with van der Waals surface area (Å²) >= 11 is 0. The molecule has 0 saturated heterocycles. The Morgan fingerprint density at radius 2 is 0.470 bits per heavy atom. The third kappa shape index (κ3) is 68.2. The number of ether oxygens (including phenoxy) is 3. The molecule has 6 heteroatoms. The molecule has 0 aromatic heterocycles. The van der Waals surface area contributed by atoms with Gasteiger partial charge in [-0.25, -0.2) is 0 Å². The summed E-state index contributed by atoms with van der Waals surface area (Å²) in [6.45, 7) is 6.38. The van der Waals surface area contributed by atoms with Crippen molar-refractivity contribution in [1.82, 2.24) is 0 Å². The number of esters is 3. The monoisotopic (exact) mass is 1150 g/mol. The molecule has 472 valence electrons. The number of allylic oxidation sites excluding steroid dienone is 22. The first kappa shape index (κ1) is 78.5. The summed E-state index contributed by atoms with van der Waals surface area (Å²) in [5.41, 5.74) is 0. The second-order valence-corrected chi connectivity index (χ2v) is 22.7. The summed E-state index contributed by atoms with van der Waals surface area (Å²) in [7, 11) is 0. The molecule has 0 aliphatic heterocycles. The van der Waals surface area contributed by atoms with Crippen LogP contribution in [0.3, 0.4) is 0 Å². The molecule has 0 aliphatic carbocycles. The highest BCUT2D eigenvalue weighted by molar-refractivity contribution is 5.71. The number of rotatable bonds is 62.